The van der Waals surface area contributed by atoms with Gasteiger partial charge in [-0.3, -0.25) is 4.79 Å². The van der Waals surface area contributed by atoms with Crippen LogP contribution in [-0.2, 0) is 9.47 Å². The molecule has 1 aromatic heterocycles. The molecule has 2 heterocycles. The number of hydrogen-bond acceptors (Lipinski definition) is 5. The number of rotatable bonds is 3. The van der Waals surface area contributed by atoms with Crippen LogP contribution in [0.4, 0.5) is 0 Å². The molecule has 19 heavy (non-hydrogen) atoms. The molecule has 6 heteroatoms. The number of methoxy groups -OCH3 is 1. The molecule has 0 aromatic carbocycles. The summed E-state index contributed by atoms with van der Waals surface area (Å²) in [6.45, 7) is -0.327. The van der Waals surface area contributed by atoms with Gasteiger partial charge >= 0.3 is 0 Å². The first-order valence-corrected chi connectivity index (χ1v) is 5.79. The Bertz CT molecular complexity index is 547. The summed E-state index contributed by atoms with van der Waals surface area (Å²) < 4.78 is 10.8. The lowest BCUT2D eigenvalue weighted by Gasteiger charge is -2.19. The summed E-state index contributed by atoms with van der Waals surface area (Å²) in [4.78, 5) is 13.8. The van der Waals surface area contributed by atoms with Gasteiger partial charge in [0, 0.05) is 18.7 Å². The maximum Gasteiger partial charge on any atom is 0.248 e. The summed E-state index contributed by atoms with van der Waals surface area (Å²) >= 11 is 0. The number of aliphatic hydroxyl groups is 2. The van der Waals surface area contributed by atoms with Crippen LogP contribution in [0.25, 0.3) is 0 Å². The highest BCUT2D eigenvalue weighted by Gasteiger charge is 2.45. The van der Waals surface area contributed by atoms with Gasteiger partial charge in [-0.2, -0.15) is 0 Å². The van der Waals surface area contributed by atoms with E-state index in [0.717, 1.165) is 0 Å². The largest absolute Gasteiger partial charge is 0.394 e. The summed E-state index contributed by atoms with van der Waals surface area (Å²) in [5.41, 5.74) is 0.511. The number of aromatic amines is 1. The fraction of sp³-hybridized carbons (Fsp3) is 0.462. The quantitative estimate of drug-likeness (QED) is 0.620. The van der Waals surface area contributed by atoms with Gasteiger partial charge < -0.3 is 24.7 Å². The highest BCUT2D eigenvalue weighted by molar-refractivity contribution is 5.36. The van der Waals surface area contributed by atoms with Crippen molar-refractivity contribution < 1.29 is 19.7 Å². The molecular weight excluding hydrogens is 250 g/mol. The second-order valence-electron chi connectivity index (χ2n) is 4.27. The summed E-state index contributed by atoms with van der Waals surface area (Å²) in [6.07, 6.45) is 2.35. The number of aliphatic hydroxyl groups excluding tert-OH is 2. The number of nitrogens with one attached hydrogen (secondary N) is 1. The Labute approximate surface area is 110 Å². The Morgan fingerprint density at radius 2 is 2.32 bits per heavy atom. The van der Waals surface area contributed by atoms with Crippen molar-refractivity contribution >= 4 is 0 Å². The molecule has 0 bridgehead atoms. The van der Waals surface area contributed by atoms with E-state index in [1.165, 1.54) is 19.2 Å². The maximum absolute atomic E-state index is 11.2. The number of H-pyrrole nitrogens is 1. The molecule has 0 amide bonds. The van der Waals surface area contributed by atoms with Gasteiger partial charge in [0.15, 0.2) is 0 Å². The molecule has 1 saturated heterocycles. The number of terminal acetylenes is 1. The average Bonchev–Trinajstić information content (AvgIpc) is 2.74. The van der Waals surface area contributed by atoms with Crippen molar-refractivity contribution in [2.75, 3.05) is 13.7 Å². The van der Waals surface area contributed by atoms with E-state index in [9.17, 15) is 9.90 Å². The zero-order valence-corrected chi connectivity index (χ0v) is 10.4. The van der Waals surface area contributed by atoms with Gasteiger partial charge in [-0.05, 0) is 6.07 Å². The Balaban J connectivity index is 2.41. The number of pyridine rings is 1. The van der Waals surface area contributed by atoms with Crippen molar-refractivity contribution in [3.8, 4) is 12.3 Å². The summed E-state index contributed by atoms with van der Waals surface area (Å²) in [7, 11) is 1.44. The number of ether oxygens (including phenoxy) is 2. The third-order valence-corrected chi connectivity index (χ3v) is 3.19. The Morgan fingerprint density at radius 1 is 1.58 bits per heavy atom. The van der Waals surface area contributed by atoms with Gasteiger partial charge in [0.25, 0.3) is 0 Å². The minimum atomic E-state index is -0.961. The highest BCUT2D eigenvalue weighted by Crippen LogP contribution is 2.35. The molecule has 1 aliphatic rings. The monoisotopic (exact) mass is 265 g/mol. The summed E-state index contributed by atoms with van der Waals surface area (Å²) in [6, 6.07) is 2.86. The SMILES string of the molecule is C#Cc1[nH]c(=O)ccc1C1OC(CO)C(O)C1OC. The first-order chi connectivity index (χ1) is 9.12. The zero-order chi connectivity index (χ0) is 14.0. The van der Waals surface area contributed by atoms with Gasteiger partial charge in [-0.1, -0.05) is 5.92 Å². The molecule has 1 aliphatic heterocycles. The summed E-state index contributed by atoms with van der Waals surface area (Å²) in [5, 5.41) is 19.1. The van der Waals surface area contributed by atoms with Crippen LogP contribution in [0, 0.1) is 12.3 Å². The minimum Gasteiger partial charge on any atom is -0.394 e. The van der Waals surface area contributed by atoms with E-state index in [1.807, 2.05) is 0 Å². The second kappa shape index (κ2) is 5.55. The van der Waals surface area contributed by atoms with Crippen LogP contribution in [0.3, 0.4) is 0 Å². The van der Waals surface area contributed by atoms with Crippen molar-refractivity contribution in [1.29, 1.82) is 0 Å². The van der Waals surface area contributed by atoms with E-state index < -0.39 is 24.4 Å². The topological polar surface area (TPSA) is 91.8 Å². The lowest BCUT2D eigenvalue weighted by Crippen LogP contribution is -2.34. The molecule has 1 fully saturated rings. The van der Waals surface area contributed by atoms with Crippen LogP contribution in [0.5, 0.6) is 0 Å². The number of aromatic nitrogens is 1. The lowest BCUT2D eigenvalue weighted by atomic mass is 10.00. The first kappa shape index (κ1) is 13.8. The van der Waals surface area contributed by atoms with E-state index in [4.69, 9.17) is 21.0 Å². The second-order valence-corrected chi connectivity index (χ2v) is 4.27. The van der Waals surface area contributed by atoms with Crippen molar-refractivity contribution in [3.05, 3.63) is 33.7 Å². The van der Waals surface area contributed by atoms with Crippen LogP contribution in [0.15, 0.2) is 16.9 Å². The molecule has 6 nitrogen and oxygen atoms in total. The molecule has 0 spiro atoms. The van der Waals surface area contributed by atoms with Crippen LogP contribution in [0.1, 0.15) is 17.4 Å². The molecule has 0 aliphatic carbocycles. The van der Waals surface area contributed by atoms with Gasteiger partial charge in [0.2, 0.25) is 5.56 Å². The van der Waals surface area contributed by atoms with E-state index in [0.29, 0.717) is 5.56 Å². The van der Waals surface area contributed by atoms with E-state index in [1.54, 1.807) is 0 Å². The molecule has 2 rings (SSSR count). The average molecular weight is 265 g/mol. The molecule has 0 saturated carbocycles. The molecule has 4 atom stereocenters. The van der Waals surface area contributed by atoms with Gasteiger partial charge in [-0.15, -0.1) is 6.42 Å². The molecule has 0 radical (unpaired) electrons. The Hall–Kier alpha value is -1.65. The highest BCUT2D eigenvalue weighted by atomic mass is 16.6. The molecule has 4 unspecified atom stereocenters. The maximum atomic E-state index is 11.2. The predicted octanol–water partition coefficient (Wildman–Crippen LogP) is -0.836. The molecular formula is C13H15NO5. The molecule has 102 valence electrons. The van der Waals surface area contributed by atoms with E-state index >= 15 is 0 Å². The number of hydrogen-bond donors (Lipinski definition) is 3. The van der Waals surface area contributed by atoms with Crippen LogP contribution in [-0.4, -0.2) is 47.2 Å². The third-order valence-electron chi connectivity index (χ3n) is 3.19. The van der Waals surface area contributed by atoms with Crippen LogP contribution >= 0.6 is 0 Å². The normalized spacial score (nSPS) is 30.2. The Morgan fingerprint density at radius 3 is 2.89 bits per heavy atom. The fourth-order valence-corrected chi connectivity index (χ4v) is 2.24. The third kappa shape index (κ3) is 2.41. The minimum absolute atomic E-state index is 0.283. The Kier molecular flexibility index (Phi) is 4.02. The lowest BCUT2D eigenvalue weighted by molar-refractivity contribution is -0.0235. The van der Waals surface area contributed by atoms with Crippen molar-refractivity contribution in [1.82, 2.24) is 4.98 Å². The predicted molar refractivity (Wildman–Crippen MR) is 66.5 cm³/mol. The van der Waals surface area contributed by atoms with Gasteiger partial charge in [0.05, 0.1) is 12.3 Å². The van der Waals surface area contributed by atoms with E-state index in [-0.39, 0.29) is 17.9 Å². The smallest absolute Gasteiger partial charge is 0.248 e. The van der Waals surface area contributed by atoms with Crippen molar-refractivity contribution in [2.24, 2.45) is 0 Å². The molecule has 3 N–H and O–H groups in total. The standard InChI is InChI=1S/C13H15NO5/c1-3-8-7(4-5-10(16)14-8)12-13(18-2)11(17)9(6-15)19-12/h1,4-5,9,11-13,15,17H,6H2,2H3,(H,14,16). The van der Waals surface area contributed by atoms with Crippen molar-refractivity contribution in [2.45, 2.75) is 24.4 Å². The van der Waals surface area contributed by atoms with Crippen molar-refractivity contribution in [3.63, 3.8) is 0 Å². The van der Waals surface area contributed by atoms with Gasteiger partial charge in [-0.25, -0.2) is 0 Å². The summed E-state index contributed by atoms with van der Waals surface area (Å²) in [5.74, 6) is 2.37. The fourth-order valence-electron chi connectivity index (χ4n) is 2.24. The van der Waals surface area contributed by atoms with Gasteiger partial charge in [0.1, 0.15) is 24.4 Å². The molecule has 1 aromatic rings. The van der Waals surface area contributed by atoms with Crippen LogP contribution < -0.4 is 5.56 Å². The van der Waals surface area contributed by atoms with E-state index in [2.05, 4.69) is 10.9 Å². The van der Waals surface area contributed by atoms with Crippen LogP contribution in [0.2, 0.25) is 0 Å². The first-order valence-electron chi connectivity index (χ1n) is 5.79. The zero-order valence-electron chi connectivity index (χ0n) is 10.4.